The molecule has 9 aromatic rings. The van der Waals surface area contributed by atoms with E-state index in [4.69, 9.17) is 15.0 Å². The molecule has 0 saturated carbocycles. The zero-order valence-corrected chi connectivity index (χ0v) is 27.2. The maximum absolute atomic E-state index is 5.03. The molecule has 5 heteroatoms. The fourth-order valence-corrected chi connectivity index (χ4v) is 7.81. The van der Waals surface area contributed by atoms with Gasteiger partial charge in [0.25, 0.3) is 0 Å². The normalized spacial score (nSPS) is 13.3. The topological polar surface area (TPSA) is 48.5 Å². The molecular weight excluding hydrogens is 599 g/mol. The van der Waals surface area contributed by atoms with Gasteiger partial charge in [-0.2, -0.15) is 0 Å². The van der Waals surface area contributed by atoms with Crippen molar-refractivity contribution in [2.75, 3.05) is 0 Å². The molecule has 0 atom stereocenters. The molecule has 232 valence electrons. The van der Waals surface area contributed by atoms with Crippen LogP contribution in [0.1, 0.15) is 25.0 Å². The van der Waals surface area contributed by atoms with Gasteiger partial charge in [-0.25, -0.2) is 15.0 Å². The molecule has 0 aliphatic carbocycles. The van der Waals surface area contributed by atoms with Crippen molar-refractivity contribution in [2.24, 2.45) is 0 Å². The minimum atomic E-state index is -0.147. The fraction of sp³-hybridized carbons (Fsp3) is 0.0682. The highest BCUT2D eigenvalue weighted by atomic mass is 15.0. The Kier molecular flexibility index (Phi) is 5.85. The number of para-hydroxylation sites is 2. The van der Waals surface area contributed by atoms with Crippen LogP contribution in [0.5, 0.6) is 0 Å². The van der Waals surface area contributed by atoms with E-state index in [1.54, 1.807) is 0 Å². The zero-order valence-electron chi connectivity index (χ0n) is 27.2. The average molecular weight is 630 g/mol. The standard InChI is InChI=1S/C44H31N5/c1-44(2)35-21-10-12-23-38(35)48-25-24-33-39-34(27-36(44)40(33)48)32-20-9-11-22-37(32)49(39)31-19-13-18-30(26-31)43-46-41(28-14-5-3-6-15-28)45-42(47-43)29-16-7-4-8-17-29/h3-27H,1-2H3. The number of hydrogen-bond acceptors (Lipinski definition) is 3. The Morgan fingerprint density at radius 1 is 0.469 bits per heavy atom. The van der Waals surface area contributed by atoms with Crippen molar-refractivity contribution in [1.29, 1.82) is 0 Å². The summed E-state index contributed by atoms with van der Waals surface area (Å²) in [5.41, 5.74) is 11.3. The molecule has 0 N–H and O–H groups in total. The summed E-state index contributed by atoms with van der Waals surface area (Å²) in [5, 5.41) is 3.74. The molecule has 1 aliphatic rings. The molecule has 0 unspecified atom stereocenters. The van der Waals surface area contributed by atoms with Crippen molar-refractivity contribution in [3.05, 3.63) is 163 Å². The lowest BCUT2D eigenvalue weighted by molar-refractivity contribution is 0.629. The molecule has 0 bridgehead atoms. The Morgan fingerprint density at radius 2 is 1.08 bits per heavy atom. The van der Waals surface area contributed by atoms with Gasteiger partial charge in [0, 0.05) is 55.8 Å². The smallest absolute Gasteiger partial charge is 0.164 e. The van der Waals surface area contributed by atoms with Gasteiger partial charge < -0.3 is 9.13 Å². The van der Waals surface area contributed by atoms with Crippen molar-refractivity contribution < 1.29 is 0 Å². The van der Waals surface area contributed by atoms with E-state index in [1.807, 2.05) is 60.7 Å². The van der Waals surface area contributed by atoms with E-state index in [9.17, 15) is 0 Å². The molecule has 1 aliphatic heterocycles. The second kappa shape index (κ2) is 10.3. The fourth-order valence-electron chi connectivity index (χ4n) is 7.81. The van der Waals surface area contributed by atoms with Crippen LogP contribution in [0.15, 0.2) is 152 Å². The quantitative estimate of drug-likeness (QED) is 0.195. The third-order valence-electron chi connectivity index (χ3n) is 10.2. The summed E-state index contributed by atoms with van der Waals surface area (Å²) in [6.45, 7) is 4.71. The van der Waals surface area contributed by atoms with E-state index in [0.29, 0.717) is 17.5 Å². The molecule has 0 radical (unpaired) electrons. The predicted molar refractivity (Wildman–Crippen MR) is 199 cm³/mol. The van der Waals surface area contributed by atoms with Gasteiger partial charge in [0.1, 0.15) is 0 Å². The maximum atomic E-state index is 5.03. The van der Waals surface area contributed by atoms with E-state index in [-0.39, 0.29) is 5.41 Å². The van der Waals surface area contributed by atoms with Gasteiger partial charge in [0.2, 0.25) is 0 Å². The largest absolute Gasteiger partial charge is 0.316 e. The summed E-state index contributed by atoms with van der Waals surface area (Å²) in [6.07, 6.45) is 2.24. The van der Waals surface area contributed by atoms with Gasteiger partial charge >= 0.3 is 0 Å². The lowest BCUT2D eigenvalue weighted by Crippen LogP contribution is -2.26. The Bertz CT molecular complexity index is 2680. The van der Waals surface area contributed by atoms with Gasteiger partial charge in [-0.05, 0) is 47.5 Å². The molecule has 5 nitrogen and oxygen atoms in total. The second-order valence-electron chi connectivity index (χ2n) is 13.4. The van der Waals surface area contributed by atoms with Gasteiger partial charge in [0.15, 0.2) is 17.5 Å². The first kappa shape index (κ1) is 27.8. The number of benzene rings is 6. The third-order valence-corrected chi connectivity index (χ3v) is 10.2. The monoisotopic (exact) mass is 629 g/mol. The molecule has 0 fully saturated rings. The second-order valence-corrected chi connectivity index (χ2v) is 13.4. The minimum absolute atomic E-state index is 0.147. The van der Waals surface area contributed by atoms with Crippen LogP contribution in [-0.4, -0.2) is 24.1 Å². The molecular formula is C44H31N5. The number of hydrogen-bond donors (Lipinski definition) is 0. The van der Waals surface area contributed by atoms with Crippen molar-refractivity contribution >= 4 is 32.7 Å². The average Bonchev–Trinajstić information content (AvgIpc) is 3.75. The molecule has 3 aromatic heterocycles. The highest BCUT2D eigenvalue weighted by molar-refractivity contribution is 6.19. The van der Waals surface area contributed by atoms with Crippen molar-refractivity contribution in [3.63, 3.8) is 0 Å². The first-order valence-corrected chi connectivity index (χ1v) is 16.7. The van der Waals surface area contributed by atoms with Gasteiger partial charge in [-0.1, -0.05) is 123 Å². The summed E-state index contributed by atoms with van der Waals surface area (Å²) in [7, 11) is 0. The number of rotatable bonds is 4. The van der Waals surface area contributed by atoms with E-state index in [2.05, 4.69) is 114 Å². The lowest BCUT2D eigenvalue weighted by Gasteiger charge is -2.34. The molecule has 49 heavy (non-hydrogen) atoms. The highest BCUT2D eigenvalue weighted by Gasteiger charge is 2.35. The summed E-state index contributed by atoms with van der Waals surface area (Å²) in [5.74, 6) is 1.95. The Labute approximate surface area is 283 Å². The van der Waals surface area contributed by atoms with Crippen molar-refractivity contribution in [3.8, 4) is 45.5 Å². The van der Waals surface area contributed by atoms with Crippen LogP contribution in [0.3, 0.4) is 0 Å². The number of fused-ring (bicyclic) bond motifs is 6. The highest BCUT2D eigenvalue weighted by Crippen LogP contribution is 2.48. The van der Waals surface area contributed by atoms with Crippen LogP contribution in [0.2, 0.25) is 0 Å². The molecule has 4 heterocycles. The van der Waals surface area contributed by atoms with E-state index in [0.717, 1.165) is 22.4 Å². The summed E-state index contributed by atoms with van der Waals surface area (Å²) >= 11 is 0. The first-order chi connectivity index (χ1) is 24.1. The Morgan fingerprint density at radius 3 is 1.82 bits per heavy atom. The SMILES string of the molecule is CC1(C)c2ccccc2-n2ccc3c2c1cc1c2ccccc2n(-c2cccc(-c4nc(-c5ccccc5)nc(-c5ccccc5)n4)c2)c13. The van der Waals surface area contributed by atoms with E-state index in [1.165, 1.54) is 49.5 Å². The third kappa shape index (κ3) is 4.09. The predicted octanol–water partition coefficient (Wildman–Crippen LogP) is 10.6. The maximum Gasteiger partial charge on any atom is 0.164 e. The lowest BCUT2D eigenvalue weighted by atomic mass is 9.74. The van der Waals surface area contributed by atoms with Gasteiger partial charge in [-0.15, -0.1) is 0 Å². The molecule has 0 saturated heterocycles. The van der Waals surface area contributed by atoms with Crippen LogP contribution in [0.25, 0.3) is 78.2 Å². The van der Waals surface area contributed by atoms with E-state index >= 15 is 0 Å². The molecule has 10 rings (SSSR count). The van der Waals surface area contributed by atoms with Crippen molar-refractivity contribution in [2.45, 2.75) is 19.3 Å². The van der Waals surface area contributed by atoms with Gasteiger partial charge in [0.05, 0.1) is 16.6 Å². The Balaban J connectivity index is 1.23. The number of aromatic nitrogens is 5. The molecule has 0 amide bonds. The van der Waals surface area contributed by atoms with Gasteiger partial charge in [-0.3, -0.25) is 0 Å². The summed E-state index contributed by atoms with van der Waals surface area (Å²) in [4.78, 5) is 15.0. The van der Waals surface area contributed by atoms with E-state index < -0.39 is 0 Å². The van der Waals surface area contributed by atoms with Crippen molar-refractivity contribution in [1.82, 2.24) is 24.1 Å². The van der Waals surface area contributed by atoms with Crippen LogP contribution in [0, 0.1) is 0 Å². The van der Waals surface area contributed by atoms with Crippen LogP contribution in [-0.2, 0) is 5.41 Å². The van der Waals surface area contributed by atoms with Crippen LogP contribution >= 0.6 is 0 Å². The summed E-state index contributed by atoms with van der Waals surface area (Å²) in [6, 6.07) is 51.2. The summed E-state index contributed by atoms with van der Waals surface area (Å²) < 4.78 is 4.80. The number of nitrogens with zero attached hydrogens (tertiary/aromatic N) is 5. The molecule has 0 spiro atoms. The van der Waals surface area contributed by atoms with Crippen LogP contribution in [0.4, 0.5) is 0 Å². The zero-order chi connectivity index (χ0) is 32.7. The van der Waals surface area contributed by atoms with Crippen LogP contribution < -0.4 is 0 Å². The first-order valence-electron chi connectivity index (χ1n) is 16.7. The minimum Gasteiger partial charge on any atom is -0.316 e. The Hall–Kier alpha value is -6.33. The molecule has 6 aromatic carbocycles.